The zero-order chi connectivity index (χ0) is 20.1. The number of carbonyl (C=O) groups excluding carboxylic acids is 1. The number of benzene rings is 1. The lowest BCUT2D eigenvalue weighted by atomic mass is 10.2. The molecule has 29 heavy (non-hydrogen) atoms. The summed E-state index contributed by atoms with van der Waals surface area (Å²) in [5, 5.41) is 9.82. The first-order chi connectivity index (χ1) is 14.2. The van der Waals surface area contributed by atoms with Gasteiger partial charge in [-0.1, -0.05) is 22.8 Å². The molecule has 6 nitrogen and oxygen atoms in total. The Morgan fingerprint density at radius 3 is 2.76 bits per heavy atom. The monoisotopic (exact) mass is 430 g/mol. The fourth-order valence-corrected chi connectivity index (χ4v) is 4.52. The molecule has 4 rings (SSSR count). The second-order valence-corrected chi connectivity index (χ2v) is 8.51. The number of hydrogen-bond acceptors (Lipinski definition) is 6. The molecule has 3 heterocycles. The van der Waals surface area contributed by atoms with Gasteiger partial charge in [-0.25, -0.2) is 0 Å². The van der Waals surface area contributed by atoms with Crippen molar-refractivity contribution in [3.8, 4) is 11.4 Å². The third-order valence-electron chi connectivity index (χ3n) is 5.08. The number of amides is 1. The maximum absolute atomic E-state index is 12.4. The molecule has 1 fully saturated rings. The predicted molar refractivity (Wildman–Crippen MR) is 114 cm³/mol. The Morgan fingerprint density at radius 2 is 2.03 bits per heavy atom. The van der Waals surface area contributed by atoms with Crippen molar-refractivity contribution in [3.63, 3.8) is 0 Å². The maximum Gasteiger partial charge on any atom is 0.227 e. The number of carbonyl (C=O) groups is 1. The van der Waals surface area contributed by atoms with E-state index < -0.39 is 0 Å². The lowest BCUT2D eigenvalue weighted by Crippen LogP contribution is -2.36. The van der Waals surface area contributed by atoms with Gasteiger partial charge in [-0.15, -0.1) is 11.3 Å². The van der Waals surface area contributed by atoms with E-state index in [1.165, 1.54) is 17.7 Å². The van der Waals surface area contributed by atoms with Crippen LogP contribution in [0.25, 0.3) is 11.4 Å². The molecule has 0 saturated carbocycles. The number of aryl methyl sites for hydroxylation is 1. The van der Waals surface area contributed by atoms with Crippen LogP contribution in [0.15, 0.2) is 46.3 Å². The van der Waals surface area contributed by atoms with E-state index in [9.17, 15) is 4.79 Å². The molecule has 152 valence electrons. The van der Waals surface area contributed by atoms with Gasteiger partial charge in [0.05, 0.1) is 6.04 Å². The summed E-state index contributed by atoms with van der Waals surface area (Å²) in [4.78, 5) is 20.5. The number of likely N-dealkylation sites (tertiary alicyclic amines) is 1. The van der Waals surface area contributed by atoms with Crippen molar-refractivity contribution in [3.05, 3.63) is 57.6 Å². The van der Waals surface area contributed by atoms with Gasteiger partial charge < -0.3 is 9.84 Å². The average molecular weight is 431 g/mol. The summed E-state index contributed by atoms with van der Waals surface area (Å²) in [6.45, 7) is 2.81. The molecular weight excluding hydrogens is 408 g/mol. The van der Waals surface area contributed by atoms with Crippen molar-refractivity contribution in [1.29, 1.82) is 0 Å². The van der Waals surface area contributed by atoms with Crippen LogP contribution in [0.3, 0.4) is 0 Å². The minimum atomic E-state index is -0.00278. The molecule has 8 heteroatoms. The molecular formula is C21H23ClN4O2S. The number of nitrogens with zero attached hydrogens (tertiary/aromatic N) is 3. The van der Waals surface area contributed by atoms with Gasteiger partial charge in [0, 0.05) is 34.8 Å². The molecule has 0 radical (unpaired) electrons. The Bertz CT molecular complexity index is 921. The summed E-state index contributed by atoms with van der Waals surface area (Å²) in [6.07, 6.45) is 3.19. The van der Waals surface area contributed by atoms with Crippen LogP contribution in [-0.4, -0.2) is 40.6 Å². The highest BCUT2D eigenvalue weighted by Gasteiger charge is 2.24. The molecule has 1 atom stereocenters. The molecule has 2 aromatic heterocycles. The van der Waals surface area contributed by atoms with Gasteiger partial charge >= 0.3 is 0 Å². The number of aromatic nitrogens is 2. The summed E-state index contributed by atoms with van der Waals surface area (Å²) in [5.41, 5.74) is 0.832. The minimum Gasteiger partial charge on any atom is -0.354 e. The first-order valence-electron chi connectivity index (χ1n) is 9.82. The molecule has 1 unspecified atom stereocenters. The lowest BCUT2D eigenvalue weighted by molar-refractivity contribution is -0.121. The van der Waals surface area contributed by atoms with Gasteiger partial charge in [-0.05, 0) is 61.6 Å². The van der Waals surface area contributed by atoms with E-state index in [0.29, 0.717) is 36.1 Å². The highest BCUT2D eigenvalue weighted by atomic mass is 35.5. The fourth-order valence-electron chi connectivity index (χ4n) is 3.54. The number of nitrogens with one attached hydrogen (secondary N) is 1. The summed E-state index contributed by atoms with van der Waals surface area (Å²) in [6, 6.07) is 11.7. The van der Waals surface area contributed by atoms with Gasteiger partial charge in [0.2, 0.25) is 17.6 Å². The van der Waals surface area contributed by atoms with E-state index in [0.717, 1.165) is 18.7 Å². The smallest absolute Gasteiger partial charge is 0.227 e. The zero-order valence-electron chi connectivity index (χ0n) is 16.0. The SMILES string of the molecule is O=C(CCc1nc(-c2ccc(Cl)cc2)no1)NCC(c1cccs1)N1CCCC1. The quantitative estimate of drug-likeness (QED) is 0.575. The number of thiophene rings is 1. The Labute approximate surface area is 178 Å². The first-order valence-corrected chi connectivity index (χ1v) is 11.1. The van der Waals surface area contributed by atoms with Crippen LogP contribution in [0.4, 0.5) is 0 Å². The third kappa shape index (κ3) is 5.23. The minimum absolute atomic E-state index is 0.00278. The molecule has 0 spiro atoms. The predicted octanol–water partition coefficient (Wildman–Crippen LogP) is 4.34. The van der Waals surface area contributed by atoms with Crippen LogP contribution in [0.5, 0.6) is 0 Å². The van der Waals surface area contributed by atoms with Gasteiger partial charge in [0.1, 0.15) is 0 Å². The van der Waals surface area contributed by atoms with E-state index in [4.69, 9.17) is 16.1 Å². The second-order valence-electron chi connectivity index (χ2n) is 7.10. The van der Waals surface area contributed by atoms with Crippen molar-refractivity contribution in [1.82, 2.24) is 20.4 Å². The molecule has 1 aromatic carbocycles. The van der Waals surface area contributed by atoms with E-state index >= 15 is 0 Å². The Kier molecular flexibility index (Phi) is 6.59. The van der Waals surface area contributed by atoms with Crippen molar-refractivity contribution in [2.45, 2.75) is 31.7 Å². The number of halogens is 1. The van der Waals surface area contributed by atoms with E-state index in [-0.39, 0.29) is 11.9 Å². The second kappa shape index (κ2) is 9.52. The third-order valence-corrected chi connectivity index (χ3v) is 6.31. The summed E-state index contributed by atoms with van der Waals surface area (Å²) in [7, 11) is 0. The first kappa shape index (κ1) is 20.1. The highest BCUT2D eigenvalue weighted by Crippen LogP contribution is 2.27. The Morgan fingerprint density at radius 1 is 1.24 bits per heavy atom. The molecule has 3 aromatic rings. The van der Waals surface area contributed by atoms with E-state index in [2.05, 4.69) is 37.9 Å². The van der Waals surface area contributed by atoms with Crippen molar-refractivity contribution >= 4 is 28.8 Å². The number of rotatable bonds is 8. The van der Waals surface area contributed by atoms with Crippen LogP contribution >= 0.6 is 22.9 Å². The van der Waals surface area contributed by atoms with E-state index in [1.54, 1.807) is 23.5 Å². The van der Waals surface area contributed by atoms with Crippen LogP contribution in [0.2, 0.25) is 5.02 Å². The van der Waals surface area contributed by atoms with Crippen molar-refractivity contribution < 1.29 is 9.32 Å². The zero-order valence-corrected chi connectivity index (χ0v) is 17.6. The van der Waals surface area contributed by atoms with Gasteiger partial charge in [-0.3, -0.25) is 9.69 Å². The van der Waals surface area contributed by atoms with Gasteiger partial charge in [-0.2, -0.15) is 4.98 Å². The van der Waals surface area contributed by atoms with Crippen LogP contribution < -0.4 is 5.32 Å². The Hall–Kier alpha value is -2.22. The number of hydrogen-bond donors (Lipinski definition) is 1. The molecule has 1 aliphatic heterocycles. The van der Waals surface area contributed by atoms with Crippen molar-refractivity contribution in [2.24, 2.45) is 0 Å². The van der Waals surface area contributed by atoms with Crippen LogP contribution in [0.1, 0.15) is 36.1 Å². The maximum atomic E-state index is 12.4. The van der Waals surface area contributed by atoms with E-state index in [1.807, 2.05) is 12.1 Å². The molecule has 1 amide bonds. The van der Waals surface area contributed by atoms with Gasteiger partial charge in [0.25, 0.3) is 0 Å². The Balaban J connectivity index is 1.29. The average Bonchev–Trinajstić information content (AvgIpc) is 3.50. The van der Waals surface area contributed by atoms with Crippen molar-refractivity contribution in [2.75, 3.05) is 19.6 Å². The van der Waals surface area contributed by atoms with Crippen LogP contribution in [0, 0.1) is 0 Å². The topological polar surface area (TPSA) is 71.3 Å². The van der Waals surface area contributed by atoms with Crippen LogP contribution in [-0.2, 0) is 11.2 Å². The molecule has 1 N–H and O–H groups in total. The standard InChI is InChI=1S/C21H23ClN4O2S/c22-16-7-5-15(6-8-16)21-24-20(28-25-21)10-9-19(27)23-14-17(18-4-3-13-29-18)26-11-1-2-12-26/h3-8,13,17H,1-2,9-12,14H2,(H,23,27). The van der Waals surface area contributed by atoms with Gasteiger partial charge in [0.15, 0.2) is 0 Å². The fraction of sp³-hybridized carbons (Fsp3) is 0.381. The molecule has 0 bridgehead atoms. The molecule has 1 aliphatic rings. The molecule has 1 saturated heterocycles. The lowest BCUT2D eigenvalue weighted by Gasteiger charge is -2.26. The normalized spacial score (nSPS) is 15.5. The highest BCUT2D eigenvalue weighted by molar-refractivity contribution is 7.10. The summed E-state index contributed by atoms with van der Waals surface area (Å²) < 4.78 is 5.28. The summed E-state index contributed by atoms with van der Waals surface area (Å²) in [5.74, 6) is 0.959. The largest absolute Gasteiger partial charge is 0.354 e. The summed E-state index contributed by atoms with van der Waals surface area (Å²) >= 11 is 7.65. The molecule has 0 aliphatic carbocycles.